The molecule has 0 spiro atoms. The van der Waals surface area contributed by atoms with Crippen molar-refractivity contribution in [1.82, 2.24) is 15.5 Å². The molecule has 0 aromatic carbocycles. The van der Waals surface area contributed by atoms with Gasteiger partial charge in [-0.3, -0.25) is 9.89 Å². The van der Waals surface area contributed by atoms with Crippen LogP contribution in [0.2, 0.25) is 0 Å². The molecule has 0 radical (unpaired) electrons. The fraction of sp³-hybridized carbons (Fsp3) is 0.385. The number of nitrogens with zero attached hydrogens (tertiary/aromatic N) is 1. The molecule has 0 aliphatic carbocycles. The number of nitrogens with one attached hydrogen (secondary N) is 2. The van der Waals surface area contributed by atoms with Crippen LogP contribution in [0.3, 0.4) is 0 Å². The minimum atomic E-state index is -0.193. The number of hydrogen-bond acceptors (Lipinski definition) is 3. The first-order valence-electron chi connectivity index (χ1n) is 6.14. The van der Waals surface area contributed by atoms with Gasteiger partial charge in [0.15, 0.2) is 5.69 Å². The number of aromatic amines is 1. The fourth-order valence-corrected chi connectivity index (χ4v) is 2.53. The largest absolute Gasteiger partial charge is 0.469 e. The first-order chi connectivity index (χ1) is 9.09. The number of aromatic nitrogens is 2. The maximum atomic E-state index is 12.0. The van der Waals surface area contributed by atoms with E-state index in [-0.39, 0.29) is 11.8 Å². The second-order valence-electron chi connectivity index (χ2n) is 4.54. The van der Waals surface area contributed by atoms with Crippen LogP contribution in [0.15, 0.2) is 27.3 Å². The molecule has 0 aliphatic heterocycles. The number of H-pyrrole nitrogens is 1. The molecule has 0 saturated heterocycles. The summed E-state index contributed by atoms with van der Waals surface area (Å²) >= 11 is 3.41. The lowest BCUT2D eigenvalue weighted by molar-refractivity contribution is 0.0948. The Balaban J connectivity index is 1.93. The van der Waals surface area contributed by atoms with E-state index in [4.69, 9.17) is 4.42 Å². The van der Waals surface area contributed by atoms with Crippen LogP contribution >= 0.6 is 15.9 Å². The van der Waals surface area contributed by atoms with Crippen molar-refractivity contribution in [3.63, 3.8) is 0 Å². The molecule has 2 rings (SSSR count). The van der Waals surface area contributed by atoms with Crippen LogP contribution in [0.25, 0.3) is 0 Å². The first-order valence-corrected chi connectivity index (χ1v) is 6.93. The summed E-state index contributed by atoms with van der Waals surface area (Å²) in [6, 6.07) is 3.71. The molecule has 5 nitrogen and oxygen atoms in total. The van der Waals surface area contributed by atoms with Gasteiger partial charge in [-0.15, -0.1) is 0 Å². The molecule has 0 unspecified atom stereocenters. The lowest BCUT2D eigenvalue weighted by atomic mass is 10.1. The Kier molecular flexibility index (Phi) is 4.42. The van der Waals surface area contributed by atoms with Crippen LogP contribution in [0.4, 0.5) is 0 Å². The van der Waals surface area contributed by atoms with Crippen LogP contribution in [-0.2, 0) is 6.42 Å². The third kappa shape index (κ3) is 3.26. The molecule has 0 atom stereocenters. The van der Waals surface area contributed by atoms with Gasteiger partial charge in [0.2, 0.25) is 0 Å². The van der Waals surface area contributed by atoms with Gasteiger partial charge >= 0.3 is 0 Å². The average Bonchev–Trinajstić information content (AvgIpc) is 2.98. The highest BCUT2D eigenvalue weighted by atomic mass is 79.9. The maximum Gasteiger partial charge on any atom is 0.272 e. The first kappa shape index (κ1) is 13.9. The van der Waals surface area contributed by atoms with Gasteiger partial charge in [-0.05, 0) is 34.0 Å². The summed E-state index contributed by atoms with van der Waals surface area (Å²) in [5.41, 5.74) is 1.32. The van der Waals surface area contributed by atoms with Crippen molar-refractivity contribution >= 4 is 21.8 Å². The molecule has 2 N–H and O–H groups in total. The Morgan fingerprint density at radius 1 is 1.58 bits per heavy atom. The SMILES string of the molecule is CC(C)c1[nH]nc(C(=O)NCCc2ccco2)c1Br. The van der Waals surface area contributed by atoms with E-state index in [1.165, 1.54) is 0 Å². The topological polar surface area (TPSA) is 70.9 Å². The van der Waals surface area contributed by atoms with Gasteiger partial charge in [0.25, 0.3) is 5.91 Å². The second kappa shape index (κ2) is 6.06. The summed E-state index contributed by atoms with van der Waals surface area (Å²) in [6.45, 7) is 4.59. The molecule has 0 fully saturated rings. The summed E-state index contributed by atoms with van der Waals surface area (Å²) in [6.07, 6.45) is 2.29. The van der Waals surface area contributed by atoms with Crippen LogP contribution in [0.5, 0.6) is 0 Å². The van der Waals surface area contributed by atoms with E-state index in [1.807, 2.05) is 26.0 Å². The molecule has 0 aliphatic rings. The number of amides is 1. The van der Waals surface area contributed by atoms with Crippen molar-refractivity contribution in [1.29, 1.82) is 0 Å². The molecule has 0 saturated carbocycles. The normalized spacial score (nSPS) is 10.9. The van der Waals surface area contributed by atoms with Gasteiger partial charge in [0.05, 0.1) is 16.4 Å². The van der Waals surface area contributed by atoms with Crippen molar-refractivity contribution in [2.75, 3.05) is 6.54 Å². The molecule has 2 aromatic heterocycles. The van der Waals surface area contributed by atoms with Gasteiger partial charge in [-0.2, -0.15) is 5.10 Å². The molecule has 1 amide bonds. The summed E-state index contributed by atoms with van der Waals surface area (Å²) in [4.78, 5) is 12.0. The lowest BCUT2D eigenvalue weighted by Gasteiger charge is -2.03. The predicted molar refractivity (Wildman–Crippen MR) is 75.1 cm³/mol. The molecule has 102 valence electrons. The van der Waals surface area contributed by atoms with E-state index in [1.54, 1.807) is 6.26 Å². The fourth-order valence-electron chi connectivity index (χ4n) is 1.71. The molecule has 0 bridgehead atoms. The molecule has 2 heterocycles. The Labute approximate surface area is 119 Å². The van der Waals surface area contributed by atoms with E-state index in [0.717, 1.165) is 15.9 Å². The lowest BCUT2D eigenvalue weighted by Crippen LogP contribution is -2.26. The van der Waals surface area contributed by atoms with Crippen LogP contribution in [0, 0.1) is 0 Å². The maximum absolute atomic E-state index is 12.0. The summed E-state index contributed by atoms with van der Waals surface area (Å²) in [5.74, 6) is 0.942. The average molecular weight is 326 g/mol. The minimum absolute atomic E-state index is 0.193. The van der Waals surface area contributed by atoms with Crippen LogP contribution < -0.4 is 5.32 Å². The van der Waals surface area contributed by atoms with Gasteiger partial charge in [-0.1, -0.05) is 13.8 Å². The van der Waals surface area contributed by atoms with E-state index in [0.29, 0.717) is 18.7 Å². The van der Waals surface area contributed by atoms with Gasteiger partial charge in [0.1, 0.15) is 5.76 Å². The van der Waals surface area contributed by atoms with Crippen molar-refractivity contribution in [3.8, 4) is 0 Å². The number of furan rings is 1. The monoisotopic (exact) mass is 325 g/mol. The Bertz CT molecular complexity index is 546. The number of hydrogen-bond donors (Lipinski definition) is 2. The molecular weight excluding hydrogens is 310 g/mol. The van der Waals surface area contributed by atoms with Gasteiger partial charge in [-0.25, -0.2) is 0 Å². The van der Waals surface area contributed by atoms with Crippen molar-refractivity contribution in [2.24, 2.45) is 0 Å². The zero-order chi connectivity index (χ0) is 13.8. The van der Waals surface area contributed by atoms with Crippen LogP contribution in [0.1, 0.15) is 41.7 Å². The standard InChI is InChI=1S/C13H16BrN3O2/c1-8(2)11-10(14)12(17-16-11)13(18)15-6-5-9-4-3-7-19-9/h3-4,7-8H,5-6H2,1-2H3,(H,15,18)(H,16,17). The zero-order valence-electron chi connectivity index (χ0n) is 10.9. The third-order valence-electron chi connectivity index (χ3n) is 2.76. The Morgan fingerprint density at radius 3 is 2.95 bits per heavy atom. The molecule has 6 heteroatoms. The van der Waals surface area contributed by atoms with E-state index in [9.17, 15) is 4.79 Å². The van der Waals surface area contributed by atoms with E-state index >= 15 is 0 Å². The van der Waals surface area contributed by atoms with Gasteiger partial charge in [0, 0.05) is 13.0 Å². The number of carbonyl (C=O) groups is 1. The van der Waals surface area contributed by atoms with Crippen LogP contribution in [-0.4, -0.2) is 22.6 Å². The minimum Gasteiger partial charge on any atom is -0.469 e. The number of carbonyl (C=O) groups excluding carboxylic acids is 1. The molecule has 2 aromatic rings. The molecule has 19 heavy (non-hydrogen) atoms. The smallest absolute Gasteiger partial charge is 0.272 e. The Hall–Kier alpha value is -1.56. The van der Waals surface area contributed by atoms with Crippen molar-refractivity contribution in [2.45, 2.75) is 26.2 Å². The van der Waals surface area contributed by atoms with E-state index in [2.05, 4.69) is 31.4 Å². The summed E-state index contributed by atoms with van der Waals surface area (Å²) in [5, 5.41) is 9.75. The van der Waals surface area contributed by atoms with E-state index < -0.39 is 0 Å². The van der Waals surface area contributed by atoms with Gasteiger partial charge < -0.3 is 9.73 Å². The summed E-state index contributed by atoms with van der Waals surface area (Å²) in [7, 11) is 0. The van der Waals surface area contributed by atoms with Crippen molar-refractivity contribution < 1.29 is 9.21 Å². The Morgan fingerprint density at radius 2 is 2.37 bits per heavy atom. The summed E-state index contributed by atoms with van der Waals surface area (Å²) < 4.78 is 5.93. The quantitative estimate of drug-likeness (QED) is 0.887. The highest BCUT2D eigenvalue weighted by Gasteiger charge is 2.18. The second-order valence-corrected chi connectivity index (χ2v) is 5.33. The highest BCUT2D eigenvalue weighted by Crippen LogP contribution is 2.25. The number of rotatable bonds is 5. The predicted octanol–water partition coefficient (Wildman–Crippen LogP) is 2.86. The highest BCUT2D eigenvalue weighted by molar-refractivity contribution is 9.10. The third-order valence-corrected chi connectivity index (χ3v) is 3.56. The van der Waals surface area contributed by atoms with Crippen molar-refractivity contribution in [3.05, 3.63) is 40.0 Å². The zero-order valence-corrected chi connectivity index (χ0v) is 12.5. The number of halogens is 1. The molecular formula is C13H16BrN3O2.